The molecule has 0 aliphatic rings. The van der Waals surface area contributed by atoms with Gasteiger partial charge in [0, 0.05) is 23.0 Å². The van der Waals surface area contributed by atoms with E-state index in [1.165, 1.54) is 6.20 Å². The van der Waals surface area contributed by atoms with Gasteiger partial charge in [0.2, 0.25) is 0 Å². The SMILES string of the molecule is CCOC(=O)/C(=C\Nc1cc(F)cc(F)c1)c1ccc(Cl)cc1. The van der Waals surface area contributed by atoms with Crippen LogP contribution < -0.4 is 5.32 Å². The topological polar surface area (TPSA) is 38.3 Å². The maximum Gasteiger partial charge on any atom is 0.340 e. The molecule has 0 bridgehead atoms. The molecule has 0 heterocycles. The van der Waals surface area contributed by atoms with Crippen molar-refractivity contribution in [3.8, 4) is 0 Å². The number of esters is 1. The summed E-state index contributed by atoms with van der Waals surface area (Å²) in [6, 6.07) is 9.56. The van der Waals surface area contributed by atoms with E-state index in [4.69, 9.17) is 16.3 Å². The van der Waals surface area contributed by atoms with Crippen LogP contribution in [-0.2, 0) is 9.53 Å². The maximum atomic E-state index is 13.2. The van der Waals surface area contributed by atoms with E-state index in [1.54, 1.807) is 31.2 Å². The fourth-order valence-electron chi connectivity index (χ4n) is 1.89. The second-order valence-electron chi connectivity index (χ2n) is 4.59. The van der Waals surface area contributed by atoms with Crippen LogP contribution in [0.25, 0.3) is 5.57 Å². The normalized spacial score (nSPS) is 11.2. The van der Waals surface area contributed by atoms with Gasteiger partial charge in [-0.05, 0) is 36.8 Å². The molecule has 0 saturated carbocycles. The fraction of sp³-hybridized carbons (Fsp3) is 0.118. The van der Waals surface area contributed by atoms with E-state index in [2.05, 4.69) is 5.32 Å². The van der Waals surface area contributed by atoms with Crippen molar-refractivity contribution in [2.24, 2.45) is 0 Å². The number of ether oxygens (including phenoxy) is 1. The highest BCUT2D eigenvalue weighted by Crippen LogP contribution is 2.20. The molecule has 0 aromatic heterocycles. The van der Waals surface area contributed by atoms with E-state index in [0.717, 1.165) is 18.2 Å². The molecule has 2 aromatic rings. The van der Waals surface area contributed by atoms with Gasteiger partial charge in [-0.2, -0.15) is 0 Å². The molecule has 0 amide bonds. The minimum atomic E-state index is -0.718. The monoisotopic (exact) mass is 337 g/mol. The number of rotatable bonds is 5. The van der Waals surface area contributed by atoms with Crippen LogP contribution in [0.5, 0.6) is 0 Å². The van der Waals surface area contributed by atoms with E-state index in [-0.39, 0.29) is 17.9 Å². The number of halogens is 3. The number of carbonyl (C=O) groups is 1. The number of anilines is 1. The minimum Gasteiger partial charge on any atom is -0.462 e. The van der Waals surface area contributed by atoms with Crippen LogP contribution in [0.3, 0.4) is 0 Å². The largest absolute Gasteiger partial charge is 0.462 e. The summed E-state index contributed by atoms with van der Waals surface area (Å²) in [7, 11) is 0. The maximum absolute atomic E-state index is 13.2. The van der Waals surface area contributed by atoms with Gasteiger partial charge in [-0.15, -0.1) is 0 Å². The third kappa shape index (κ3) is 4.79. The number of hydrogen-bond donors (Lipinski definition) is 1. The highest BCUT2D eigenvalue weighted by Gasteiger charge is 2.13. The summed E-state index contributed by atoms with van der Waals surface area (Å²) in [5, 5.41) is 3.23. The quantitative estimate of drug-likeness (QED) is 0.638. The standard InChI is InChI=1S/C17H14ClF2NO2/c1-2-23-17(22)16(11-3-5-12(18)6-4-11)10-21-15-8-13(19)7-14(20)9-15/h3-10,21H,2H2,1H3/b16-10-. The molecule has 0 aliphatic heterocycles. The average Bonchev–Trinajstić information content (AvgIpc) is 2.48. The second kappa shape index (κ2) is 7.74. The summed E-state index contributed by atoms with van der Waals surface area (Å²) in [6.07, 6.45) is 1.34. The highest BCUT2D eigenvalue weighted by molar-refractivity contribution is 6.30. The van der Waals surface area contributed by atoms with E-state index in [0.29, 0.717) is 10.6 Å². The molecule has 1 N–H and O–H groups in total. The van der Waals surface area contributed by atoms with Crippen molar-refractivity contribution < 1.29 is 18.3 Å². The molecule has 0 radical (unpaired) electrons. The Bertz CT molecular complexity index is 710. The van der Waals surface area contributed by atoms with Crippen molar-refractivity contribution in [2.75, 3.05) is 11.9 Å². The van der Waals surface area contributed by atoms with Crippen molar-refractivity contribution in [2.45, 2.75) is 6.92 Å². The van der Waals surface area contributed by atoms with Gasteiger partial charge in [-0.25, -0.2) is 13.6 Å². The molecule has 0 unspecified atom stereocenters. The molecule has 2 rings (SSSR count). The Morgan fingerprint density at radius 3 is 2.35 bits per heavy atom. The summed E-state index contributed by atoms with van der Waals surface area (Å²) in [4.78, 5) is 12.1. The molecule has 0 atom stereocenters. The lowest BCUT2D eigenvalue weighted by Crippen LogP contribution is -2.08. The van der Waals surface area contributed by atoms with E-state index >= 15 is 0 Å². The Labute approximate surface area is 137 Å². The zero-order chi connectivity index (χ0) is 16.8. The lowest BCUT2D eigenvalue weighted by Gasteiger charge is -2.09. The van der Waals surface area contributed by atoms with Gasteiger partial charge in [0.1, 0.15) is 11.6 Å². The zero-order valence-corrected chi connectivity index (χ0v) is 13.0. The van der Waals surface area contributed by atoms with Crippen LogP contribution in [-0.4, -0.2) is 12.6 Å². The molecule has 120 valence electrons. The predicted octanol–water partition coefficient (Wildman–Crippen LogP) is 4.63. The Kier molecular flexibility index (Phi) is 5.71. The van der Waals surface area contributed by atoms with Gasteiger partial charge >= 0.3 is 5.97 Å². The molecular formula is C17H14ClF2NO2. The van der Waals surface area contributed by atoms with E-state index < -0.39 is 17.6 Å². The summed E-state index contributed by atoms with van der Waals surface area (Å²) in [5.41, 5.74) is 0.962. The lowest BCUT2D eigenvalue weighted by molar-refractivity contribution is -0.136. The number of benzene rings is 2. The molecular weight excluding hydrogens is 324 g/mol. The average molecular weight is 338 g/mol. The number of carbonyl (C=O) groups excluding carboxylic acids is 1. The van der Waals surface area contributed by atoms with E-state index in [9.17, 15) is 13.6 Å². The summed E-state index contributed by atoms with van der Waals surface area (Å²) in [6.45, 7) is 1.89. The Morgan fingerprint density at radius 2 is 1.78 bits per heavy atom. The lowest BCUT2D eigenvalue weighted by atomic mass is 10.1. The molecule has 0 spiro atoms. The molecule has 0 fully saturated rings. The summed E-state index contributed by atoms with van der Waals surface area (Å²) in [5.74, 6) is -1.99. The van der Waals surface area contributed by atoms with Gasteiger partial charge in [-0.1, -0.05) is 23.7 Å². The van der Waals surface area contributed by atoms with Gasteiger partial charge in [0.15, 0.2) is 0 Å². The van der Waals surface area contributed by atoms with Crippen LogP contribution >= 0.6 is 11.6 Å². The second-order valence-corrected chi connectivity index (χ2v) is 5.02. The molecule has 0 aliphatic carbocycles. The third-order valence-corrected chi connectivity index (χ3v) is 3.15. The molecule has 6 heteroatoms. The Hall–Kier alpha value is -2.40. The number of nitrogens with one attached hydrogen (secondary N) is 1. The predicted molar refractivity (Wildman–Crippen MR) is 86.0 cm³/mol. The first-order valence-electron chi connectivity index (χ1n) is 6.85. The molecule has 2 aromatic carbocycles. The number of hydrogen-bond acceptors (Lipinski definition) is 3. The first kappa shape index (κ1) is 17.0. The fourth-order valence-corrected chi connectivity index (χ4v) is 2.02. The minimum absolute atomic E-state index is 0.179. The smallest absolute Gasteiger partial charge is 0.340 e. The van der Waals surface area contributed by atoms with E-state index in [1.807, 2.05) is 0 Å². The van der Waals surface area contributed by atoms with Gasteiger partial charge in [0.05, 0.1) is 12.2 Å². The van der Waals surface area contributed by atoms with Gasteiger partial charge in [0.25, 0.3) is 0 Å². The summed E-state index contributed by atoms with van der Waals surface area (Å²) < 4.78 is 31.4. The van der Waals surface area contributed by atoms with Crippen LogP contribution in [0.15, 0.2) is 48.7 Å². The van der Waals surface area contributed by atoms with Crippen molar-refractivity contribution in [1.29, 1.82) is 0 Å². The Morgan fingerprint density at radius 1 is 1.17 bits per heavy atom. The van der Waals surface area contributed by atoms with Crippen LogP contribution in [0, 0.1) is 11.6 Å². The Balaban J connectivity index is 2.32. The first-order chi connectivity index (χ1) is 11.0. The van der Waals surface area contributed by atoms with Gasteiger partial charge < -0.3 is 10.1 Å². The van der Waals surface area contributed by atoms with Gasteiger partial charge in [-0.3, -0.25) is 0 Å². The van der Waals surface area contributed by atoms with Crippen LogP contribution in [0.1, 0.15) is 12.5 Å². The molecule has 0 saturated heterocycles. The van der Waals surface area contributed by atoms with Crippen LogP contribution in [0.2, 0.25) is 5.02 Å². The van der Waals surface area contributed by atoms with Crippen molar-refractivity contribution >= 4 is 28.8 Å². The molecule has 23 heavy (non-hydrogen) atoms. The van der Waals surface area contributed by atoms with Crippen LogP contribution in [0.4, 0.5) is 14.5 Å². The summed E-state index contributed by atoms with van der Waals surface area (Å²) >= 11 is 5.83. The molecule has 3 nitrogen and oxygen atoms in total. The first-order valence-corrected chi connectivity index (χ1v) is 7.23. The van der Waals surface area contributed by atoms with Crippen molar-refractivity contribution in [3.05, 3.63) is 70.9 Å². The van der Waals surface area contributed by atoms with Crippen molar-refractivity contribution in [1.82, 2.24) is 0 Å². The zero-order valence-electron chi connectivity index (χ0n) is 12.3. The third-order valence-electron chi connectivity index (χ3n) is 2.90. The highest BCUT2D eigenvalue weighted by atomic mass is 35.5. The van der Waals surface area contributed by atoms with Crippen molar-refractivity contribution in [3.63, 3.8) is 0 Å².